The van der Waals surface area contributed by atoms with Crippen molar-refractivity contribution < 1.29 is 27.8 Å². The number of ether oxygens (including phenoxy) is 2. The number of fused-ring (bicyclic) bond motifs is 2. The molecular formula is C31H35F3N4O3. The van der Waals surface area contributed by atoms with E-state index < -0.39 is 12.1 Å². The van der Waals surface area contributed by atoms with Crippen molar-refractivity contribution in [3.05, 3.63) is 71.4 Å². The molecule has 1 saturated heterocycles. The molecule has 6 rings (SSSR count). The molecule has 7 nitrogen and oxygen atoms in total. The van der Waals surface area contributed by atoms with E-state index in [1.165, 1.54) is 18.2 Å². The summed E-state index contributed by atoms with van der Waals surface area (Å²) in [4.78, 5) is 7.11. The molecule has 3 aliphatic rings. The summed E-state index contributed by atoms with van der Waals surface area (Å²) in [6.07, 6.45) is 3.19. The molecule has 10 heteroatoms. The van der Waals surface area contributed by atoms with Crippen molar-refractivity contribution in [2.24, 2.45) is 11.8 Å². The molecule has 3 heterocycles. The fourth-order valence-corrected chi connectivity index (χ4v) is 6.92. The molecule has 41 heavy (non-hydrogen) atoms. The normalized spacial score (nSPS) is 26.5. The van der Waals surface area contributed by atoms with Gasteiger partial charge in [-0.05, 0) is 63.1 Å². The van der Waals surface area contributed by atoms with Crippen molar-refractivity contribution in [3.8, 4) is 5.75 Å². The van der Waals surface area contributed by atoms with Crippen LogP contribution in [-0.4, -0.2) is 50.9 Å². The number of aliphatic hydroxyl groups excluding tert-OH is 1. The fraction of sp³-hybridized carbons (Fsp3) is 0.484. The lowest BCUT2D eigenvalue weighted by Crippen LogP contribution is -2.37. The van der Waals surface area contributed by atoms with Crippen LogP contribution in [0.2, 0.25) is 0 Å². The summed E-state index contributed by atoms with van der Waals surface area (Å²) < 4.78 is 51.8. The molecule has 0 spiro atoms. The summed E-state index contributed by atoms with van der Waals surface area (Å²) in [5, 5.41) is 19.8. The fourth-order valence-electron chi connectivity index (χ4n) is 6.92. The summed E-state index contributed by atoms with van der Waals surface area (Å²) in [5.41, 5.74) is 3.03. The van der Waals surface area contributed by atoms with E-state index in [1.54, 1.807) is 6.07 Å². The minimum absolute atomic E-state index is 0.0277. The summed E-state index contributed by atoms with van der Waals surface area (Å²) in [7, 11) is 0. The Morgan fingerprint density at radius 2 is 1.95 bits per heavy atom. The Hall–Kier alpha value is -3.53. The van der Waals surface area contributed by atoms with Crippen LogP contribution in [0.4, 0.5) is 18.9 Å². The zero-order chi connectivity index (χ0) is 29.1. The topological polar surface area (TPSA) is 82.9 Å². The first-order valence-electron chi connectivity index (χ1n) is 14.2. The predicted molar refractivity (Wildman–Crippen MR) is 150 cm³/mol. The molecule has 2 saturated carbocycles. The van der Waals surface area contributed by atoms with Crippen LogP contribution in [0.1, 0.15) is 57.2 Å². The standard InChI is InChI=1S/C31H35F3N4O3/c1-4-30-18(2)13-22(15-26(30)38(30)21-11-12-37-16-19(3)36-27(37)14-21)40-17-24(29(39)20-9-10-20)28(35)23-7-5-6-8-25(23)41-31(32,33)34/h5-8,11-12,14,16,18,20,22,26,35,39H,4,9-10,13,15,17H2,1-3H3/b29-24-,35-28?/t18-,22+,26?,30-,38?/m0/s1. The number of para-hydroxylation sites is 1. The van der Waals surface area contributed by atoms with Gasteiger partial charge in [-0.25, -0.2) is 4.98 Å². The molecule has 1 unspecified atom stereocenters. The second kappa shape index (κ2) is 10.1. The number of rotatable bonds is 9. The maximum Gasteiger partial charge on any atom is 0.573 e. The van der Waals surface area contributed by atoms with E-state index in [2.05, 4.69) is 40.6 Å². The number of hydrogen-bond donors (Lipinski definition) is 2. The van der Waals surface area contributed by atoms with Gasteiger partial charge in [0.1, 0.15) is 17.2 Å². The highest BCUT2D eigenvalue weighted by Gasteiger charge is 2.66. The minimum atomic E-state index is -4.89. The highest BCUT2D eigenvalue weighted by atomic mass is 19.4. The predicted octanol–water partition coefficient (Wildman–Crippen LogP) is 6.98. The Balaban J connectivity index is 1.21. The van der Waals surface area contributed by atoms with E-state index in [9.17, 15) is 18.3 Å². The third kappa shape index (κ3) is 5.07. The summed E-state index contributed by atoms with van der Waals surface area (Å²) in [6, 6.07) is 10.1. The molecule has 3 aromatic rings. The summed E-state index contributed by atoms with van der Waals surface area (Å²) in [6.45, 7) is 6.39. The first-order valence-corrected chi connectivity index (χ1v) is 14.2. The van der Waals surface area contributed by atoms with Gasteiger partial charge in [0.2, 0.25) is 0 Å². The number of benzene rings is 1. The van der Waals surface area contributed by atoms with Gasteiger partial charge >= 0.3 is 6.36 Å². The van der Waals surface area contributed by atoms with Crippen LogP contribution in [0.15, 0.2) is 60.1 Å². The molecule has 4 atom stereocenters. The van der Waals surface area contributed by atoms with Crippen molar-refractivity contribution in [2.75, 3.05) is 11.5 Å². The molecule has 1 aromatic carbocycles. The van der Waals surface area contributed by atoms with Gasteiger partial charge in [-0.1, -0.05) is 26.0 Å². The van der Waals surface area contributed by atoms with Gasteiger partial charge in [0, 0.05) is 41.2 Å². The Morgan fingerprint density at radius 3 is 2.66 bits per heavy atom. The first kappa shape index (κ1) is 27.6. The molecular weight excluding hydrogens is 533 g/mol. The number of hydrogen-bond acceptors (Lipinski definition) is 6. The largest absolute Gasteiger partial charge is 0.573 e. The second-order valence-corrected chi connectivity index (χ2v) is 11.6. The van der Waals surface area contributed by atoms with Crippen molar-refractivity contribution in [1.82, 2.24) is 9.38 Å². The average molecular weight is 569 g/mol. The van der Waals surface area contributed by atoms with Crippen LogP contribution in [0.25, 0.3) is 5.65 Å². The average Bonchev–Trinajstić information content (AvgIpc) is 3.83. The molecule has 3 fully saturated rings. The van der Waals surface area contributed by atoms with Crippen molar-refractivity contribution in [1.29, 1.82) is 5.41 Å². The van der Waals surface area contributed by atoms with Gasteiger partial charge in [0.15, 0.2) is 0 Å². The third-order valence-corrected chi connectivity index (χ3v) is 9.05. The Kier molecular flexibility index (Phi) is 6.79. The van der Waals surface area contributed by atoms with Crippen LogP contribution in [-0.2, 0) is 4.74 Å². The number of halogens is 3. The number of aromatic nitrogens is 2. The van der Waals surface area contributed by atoms with Gasteiger partial charge in [-0.15, -0.1) is 13.2 Å². The zero-order valence-corrected chi connectivity index (χ0v) is 23.4. The van der Waals surface area contributed by atoms with E-state index in [0.29, 0.717) is 5.92 Å². The van der Waals surface area contributed by atoms with Crippen LogP contribution in [0.3, 0.4) is 0 Å². The van der Waals surface area contributed by atoms with Crippen LogP contribution < -0.4 is 9.64 Å². The number of nitrogens with one attached hydrogen (secondary N) is 1. The van der Waals surface area contributed by atoms with Gasteiger partial charge in [0.25, 0.3) is 0 Å². The van der Waals surface area contributed by atoms with E-state index >= 15 is 0 Å². The summed E-state index contributed by atoms with van der Waals surface area (Å²) in [5.74, 6) is -0.204. The first-order chi connectivity index (χ1) is 19.5. The van der Waals surface area contributed by atoms with Crippen LogP contribution in [0, 0.1) is 24.2 Å². The van der Waals surface area contributed by atoms with E-state index in [4.69, 9.17) is 10.1 Å². The maximum atomic E-state index is 13.1. The number of allylic oxidation sites excluding steroid dienone is 1. The summed E-state index contributed by atoms with van der Waals surface area (Å²) >= 11 is 0. The smallest absolute Gasteiger partial charge is 0.512 e. The van der Waals surface area contributed by atoms with Gasteiger partial charge in [0.05, 0.1) is 35.7 Å². The number of anilines is 1. The Labute approximate surface area is 237 Å². The quantitative estimate of drug-likeness (QED) is 0.165. The highest BCUT2D eigenvalue weighted by molar-refractivity contribution is 6.12. The Morgan fingerprint density at radius 1 is 1.20 bits per heavy atom. The van der Waals surface area contributed by atoms with Crippen LogP contribution in [0.5, 0.6) is 5.75 Å². The molecule has 2 N–H and O–H groups in total. The second-order valence-electron chi connectivity index (χ2n) is 11.6. The van der Waals surface area contributed by atoms with Gasteiger partial charge in [-0.3, -0.25) is 5.41 Å². The van der Waals surface area contributed by atoms with Crippen LogP contribution >= 0.6 is 0 Å². The van der Waals surface area contributed by atoms with Gasteiger partial charge in [-0.2, -0.15) is 0 Å². The number of imidazole rings is 1. The maximum absolute atomic E-state index is 13.1. The van der Waals surface area contributed by atoms with Crippen molar-refractivity contribution in [2.45, 2.75) is 76.9 Å². The number of aliphatic hydroxyl groups is 1. The minimum Gasteiger partial charge on any atom is -0.512 e. The van der Waals surface area contributed by atoms with E-state index in [1.807, 2.05) is 23.7 Å². The van der Waals surface area contributed by atoms with E-state index in [-0.39, 0.29) is 52.8 Å². The van der Waals surface area contributed by atoms with Gasteiger partial charge < -0.3 is 23.9 Å². The highest BCUT2D eigenvalue weighted by Crippen LogP contribution is 2.58. The molecule has 218 valence electrons. The lowest BCUT2D eigenvalue weighted by molar-refractivity contribution is -0.274. The molecule has 0 bridgehead atoms. The molecule has 0 amide bonds. The molecule has 2 aliphatic carbocycles. The molecule has 0 radical (unpaired) electrons. The molecule has 1 aliphatic heterocycles. The van der Waals surface area contributed by atoms with Crippen molar-refractivity contribution in [3.63, 3.8) is 0 Å². The van der Waals surface area contributed by atoms with Crippen molar-refractivity contribution >= 4 is 17.0 Å². The monoisotopic (exact) mass is 568 g/mol. The number of pyridine rings is 1. The number of alkyl halides is 3. The SMILES string of the molecule is CC[C@@]12C(C[C@H](OC/C(C(=N)c3ccccc3OC(F)(F)F)=C(/O)C3CC3)C[C@@H]1C)N2c1ccn2cc(C)nc2c1. The lowest BCUT2D eigenvalue weighted by atomic mass is 9.77. The lowest BCUT2D eigenvalue weighted by Gasteiger charge is -2.32. The Bertz CT molecular complexity index is 1510. The van der Waals surface area contributed by atoms with E-state index in [0.717, 1.165) is 49.1 Å². The zero-order valence-electron chi connectivity index (χ0n) is 23.4. The number of nitrogens with zero attached hydrogens (tertiary/aromatic N) is 3. The third-order valence-electron chi connectivity index (χ3n) is 9.05. The number of aryl methyl sites for hydroxylation is 1. The molecule has 2 aromatic heterocycles.